The molecular formula is C9H11F3N2O. The van der Waals surface area contributed by atoms with Crippen molar-refractivity contribution in [1.29, 1.82) is 0 Å². The van der Waals surface area contributed by atoms with Gasteiger partial charge in [0, 0.05) is 18.3 Å². The number of methoxy groups -OCH3 is 1. The van der Waals surface area contributed by atoms with Crippen molar-refractivity contribution >= 4 is 0 Å². The van der Waals surface area contributed by atoms with Crippen LogP contribution in [0.15, 0.2) is 18.3 Å². The van der Waals surface area contributed by atoms with Gasteiger partial charge in [-0.15, -0.1) is 0 Å². The van der Waals surface area contributed by atoms with Crippen LogP contribution in [0.4, 0.5) is 13.2 Å². The molecule has 84 valence electrons. The Bertz CT molecular complexity index is 310. The average Bonchev–Trinajstić information content (AvgIpc) is 2.15. The molecule has 0 aromatic carbocycles. The zero-order valence-electron chi connectivity index (χ0n) is 8.08. The predicted molar refractivity (Wildman–Crippen MR) is 48.4 cm³/mol. The lowest BCUT2D eigenvalue weighted by Gasteiger charge is -2.14. The van der Waals surface area contributed by atoms with Crippen molar-refractivity contribution in [3.63, 3.8) is 0 Å². The van der Waals surface area contributed by atoms with Crippen LogP contribution in [-0.2, 0) is 0 Å². The maximum Gasteiger partial charge on any atom is 0.390 e. The molecule has 0 amide bonds. The zero-order chi connectivity index (χ0) is 11.5. The standard InChI is InChI=1S/C9H11F3N2O/c1-15-8-3-2-6(5-14-8)7(13)4-9(10,11)12/h2-3,5,7H,4,13H2,1H3/t7-/m1/s1. The fourth-order valence-corrected chi connectivity index (χ4v) is 1.10. The molecule has 1 rings (SSSR count). The number of hydrogen-bond acceptors (Lipinski definition) is 3. The Morgan fingerprint density at radius 2 is 2.13 bits per heavy atom. The summed E-state index contributed by atoms with van der Waals surface area (Å²) >= 11 is 0. The van der Waals surface area contributed by atoms with E-state index in [0.29, 0.717) is 11.4 Å². The van der Waals surface area contributed by atoms with Gasteiger partial charge < -0.3 is 10.5 Å². The van der Waals surface area contributed by atoms with Gasteiger partial charge in [-0.05, 0) is 5.56 Å². The highest BCUT2D eigenvalue weighted by Gasteiger charge is 2.30. The molecule has 0 saturated carbocycles. The van der Waals surface area contributed by atoms with Crippen molar-refractivity contribution < 1.29 is 17.9 Å². The molecular weight excluding hydrogens is 209 g/mol. The smallest absolute Gasteiger partial charge is 0.390 e. The molecule has 0 saturated heterocycles. The summed E-state index contributed by atoms with van der Waals surface area (Å²) in [5.74, 6) is 0.345. The summed E-state index contributed by atoms with van der Waals surface area (Å²) in [5.41, 5.74) is 5.71. The van der Waals surface area contributed by atoms with Crippen LogP contribution < -0.4 is 10.5 Å². The van der Waals surface area contributed by atoms with Gasteiger partial charge in [-0.3, -0.25) is 0 Å². The molecule has 1 heterocycles. The highest BCUT2D eigenvalue weighted by Crippen LogP contribution is 2.27. The maximum atomic E-state index is 12.0. The summed E-state index contributed by atoms with van der Waals surface area (Å²) < 4.78 is 40.8. The van der Waals surface area contributed by atoms with Crippen LogP contribution in [0.3, 0.4) is 0 Å². The predicted octanol–water partition coefficient (Wildman–Crippen LogP) is 2.04. The molecule has 15 heavy (non-hydrogen) atoms. The molecule has 0 radical (unpaired) electrons. The summed E-state index contributed by atoms with van der Waals surface area (Å²) in [4.78, 5) is 3.78. The van der Waals surface area contributed by atoms with Gasteiger partial charge >= 0.3 is 6.18 Å². The van der Waals surface area contributed by atoms with E-state index in [4.69, 9.17) is 10.5 Å². The largest absolute Gasteiger partial charge is 0.481 e. The van der Waals surface area contributed by atoms with Crippen molar-refractivity contribution in [2.75, 3.05) is 7.11 Å². The topological polar surface area (TPSA) is 48.1 Å². The second-order valence-corrected chi connectivity index (χ2v) is 3.06. The molecule has 1 aromatic heterocycles. The van der Waals surface area contributed by atoms with E-state index in [0.717, 1.165) is 0 Å². The number of ether oxygens (including phenoxy) is 1. The molecule has 0 fully saturated rings. The molecule has 3 nitrogen and oxygen atoms in total. The van der Waals surface area contributed by atoms with Gasteiger partial charge in [0.25, 0.3) is 0 Å². The van der Waals surface area contributed by atoms with E-state index in [-0.39, 0.29) is 0 Å². The number of rotatable bonds is 3. The third-order valence-electron chi connectivity index (χ3n) is 1.85. The van der Waals surface area contributed by atoms with E-state index in [1.165, 1.54) is 25.4 Å². The maximum absolute atomic E-state index is 12.0. The molecule has 0 aliphatic rings. The van der Waals surface area contributed by atoms with Gasteiger partial charge in [0.1, 0.15) is 0 Å². The second-order valence-electron chi connectivity index (χ2n) is 3.06. The van der Waals surface area contributed by atoms with E-state index in [9.17, 15) is 13.2 Å². The zero-order valence-corrected chi connectivity index (χ0v) is 8.08. The highest BCUT2D eigenvalue weighted by molar-refractivity contribution is 5.20. The molecule has 0 aliphatic carbocycles. The fraction of sp³-hybridized carbons (Fsp3) is 0.444. The molecule has 1 aromatic rings. The molecule has 0 bridgehead atoms. The fourth-order valence-electron chi connectivity index (χ4n) is 1.10. The lowest BCUT2D eigenvalue weighted by atomic mass is 10.1. The minimum Gasteiger partial charge on any atom is -0.481 e. The van der Waals surface area contributed by atoms with Gasteiger partial charge in [-0.25, -0.2) is 4.98 Å². The monoisotopic (exact) mass is 220 g/mol. The van der Waals surface area contributed by atoms with E-state index in [1.807, 2.05) is 0 Å². The van der Waals surface area contributed by atoms with Crippen LogP contribution >= 0.6 is 0 Å². The summed E-state index contributed by atoms with van der Waals surface area (Å²) in [5, 5.41) is 0. The van der Waals surface area contributed by atoms with Crippen LogP contribution in [0, 0.1) is 0 Å². The van der Waals surface area contributed by atoms with Crippen molar-refractivity contribution in [3.8, 4) is 5.88 Å². The number of hydrogen-bond donors (Lipinski definition) is 1. The summed E-state index contributed by atoms with van der Waals surface area (Å²) in [6, 6.07) is 1.87. The lowest BCUT2D eigenvalue weighted by Crippen LogP contribution is -2.20. The third kappa shape index (κ3) is 3.75. The number of aromatic nitrogens is 1. The lowest BCUT2D eigenvalue weighted by molar-refractivity contribution is -0.138. The number of pyridine rings is 1. The molecule has 0 aliphatic heterocycles. The van der Waals surface area contributed by atoms with E-state index in [1.54, 1.807) is 0 Å². The Hall–Kier alpha value is -1.30. The van der Waals surface area contributed by atoms with Crippen LogP contribution in [0.25, 0.3) is 0 Å². The Labute approximate surface area is 85.1 Å². The Balaban J connectivity index is 2.70. The van der Waals surface area contributed by atoms with Gasteiger partial charge in [-0.1, -0.05) is 6.07 Å². The Morgan fingerprint density at radius 3 is 2.53 bits per heavy atom. The highest BCUT2D eigenvalue weighted by atomic mass is 19.4. The Morgan fingerprint density at radius 1 is 1.47 bits per heavy atom. The van der Waals surface area contributed by atoms with Crippen molar-refractivity contribution in [1.82, 2.24) is 4.98 Å². The normalized spacial score (nSPS) is 13.7. The quantitative estimate of drug-likeness (QED) is 0.847. The molecule has 0 spiro atoms. The summed E-state index contributed by atoms with van der Waals surface area (Å²) in [7, 11) is 1.43. The van der Waals surface area contributed by atoms with E-state index >= 15 is 0 Å². The van der Waals surface area contributed by atoms with Crippen LogP contribution in [-0.4, -0.2) is 18.3 Å². The van der Waals surface area contributed by atoms with Crippen LogP contribution in [0.2, 0.25) is 0 Å². The average molecular weight is 220 g/mol. The first-order valence-corrected chi connectivity index (χ1v) is 4.24. The van der Waals surface area contributed by atoms with Gasteiger partial charge in [0.05, 0.1) is 13.5 Å². The SMILES string of the molecule is COc1ccc([C@H](N)CC(F)(F)F)cn1. The minimum atomic E-state index is -4.26. The number of nitrogens with zero attached hydrogens (tertiary/aromatic N) is 1. The number of nitrogens with two attached hydrogens (primary N) is 1. The van der Waals surface area contributed by atoms with Crippen molar-refractivity contribution in [2.24, 2.45) is 5.73 Å². The first-order chi connectivity index (χ1) is 6.92. The molecule has 6 heteroatoms. The van der Waals surface area contributed by atoms with Gasteiger partial charge in [-0.2, -0.15) is 13.2 Å². The van der Waals surface area contributed by atoms with Crippen LogP contribution in [0.1, 0.15) is 18.0 Å². The molecule has 2 N–H and O–H groups in total. The Kier molecular flexibility index (Phi) is 3.52. The number of halogens is 3. The number of alkyl halides is 3. The summed E-state index contributed by atoms with van der Waals surface area (Å²) in [6.45, 7) is 0. The third-order valence-corrected chi connectivity index (χ3v) is 1.85. The minimum absolute atomic E-state index is 0.341. The molecule has 1 atom stereocenters. The van der Waals surface area contributed by atoms with Crippen LogP contribution in [0.5, 0.6) is 5.88 Å². The van der Waals surface area contributed by atoms with Gasteiger partial charge in [0.2, 0.25) is 5.88 Å². The second kappa shape index (κ2) is 4.48. The van der Waals surface area contributed by atoms with Gasteiger partial charge in [0.15, 0.2) is 0 Å². The van der Waals surface area contributed by atoms with Crippen molar-refractivity contribution in [2.45, 2.75) is 18.6 Å². The van der Waals surface area contributed by atoms with Crippen molar-refractivity contribution in [3.05, 3.63) is 23.9 Å². The first-order valence-electron chi connectivity index (χ1n) is 4.24. The van der Waals surface area contributed by atoms with E-state index in [2.05, 4.69) is 4.98 Å². The summed E-state index contributed by atoms with van der Waals surface area (Å²) in [6.07, 6.45) is -4.03. The molecule has 0 unspecified atom stereocenters. The first kappa shape index (κ1) is 11.8. The van der Waals surface area contributed by atoms with E-state index < -0.39 is 18.6 Å².